The molecule has 2 atom stereocenters. The number of methoxy groups -OCH3 is 2. The molecule has 0 saturated carbocycles. The number of ether oxygens (including phenoxy) is 3. The maximum absolute atomic E-state index is 13.5. The van der Waals surface area contributed by atoms with Gasteiger partial charge in [-0.1, -0.05) is 30.3 Å². The largest absolute Gasteiger partial charge is 0.508 e. The highest BCUT2D eigenvalue weighted by molar-refractivity contribution is 5.91. The number of phenols is 3. The van der Waals surface area contributed by atoms with E-state index >= 15 is 0 Å². The molecule has 11 nitrogen and oxygen atoms in total. The van der Waals surface area contributed by atoms with Gasteiger partial charge in [-0.3, -0.25) is 9.59 Å². The summed E-state index contributed by atoms with van der Waals surface area (Å²) in [6.45, 7) is 0.618. The van der Waals surface area contributed by atoms with Gasteiger partial charge in [-0.15, -0.1) is 0 Å². The van der Waals surface area contributed by atoms with Crippen LogP contribution in [0.3, 0.4) is 0 Å². The molecule has 0 heterocycles. The van der Waals surface area contributed by atoms with Gasteiger partial charge in [0.25, 0.3) is 5.91 Å². The molecule has 0 saturated heterocycles. The first-order valence-corrected chi connectivity index (χ1v) is 14.9. The third-order valence-corrected chi connectivity index (χ3v) is 7.22. The Bertz CT molecular complexity index is 1670. The molecule has 0 radical (unpaired) electrons. The minimum absolute atomic E-state index is 0.114. The maximum atomic E-state index is 13.5. The van der Waals surface area contributed by atoms with Gasteiger partial charge < -0.3 is 45.3 Å². The quantitative estimate of drug-likeness (QED) is 0.105. The summed E-state index contributed by atoms with van der Waals surface area (Å²) in [5.41, 5.74) is 2.66. The predicted molar refractivity (Wildman–Crippen MR) is 176 cm³/mol. The van der Waals surface area contributed by atoms with Crippen molar-refractivity contribution in [3.05, 3.63) is 113 Å². The molecule has 2 unspecified atom stereocenters. The number of rotatable bonds is 15. The predicted octanol–water partition coefficient (Wildman–Crippen LogP) is 4.03. The summed E-state index contributed by atoms with van der Waals surface area (Å²) in [6, 6.07) is 22.4. The van der Waals surface area contributed by atoms with Crippen LogP contribution in [0.15, 0.2) is 91.0 Å². The standard InChI is InChI=1S/C36H38N2O9/c1-45-29-19-25(7-14-33(42)37-17-15-23-3-9-27(39)10-4-23)20-30(22-29)47-35(34(43)26-8-13-31(41)32(21-26)46-2)36(44)38-18-16-24-5-11-28(40)12-6-24/h3-14,19-22,34-35,39-41,43H,15-18H2,1-2H3,(H,37,42)(H,38,44). The van der Waals surface area contributed by atoms with Crippen molar-refractivity contribution in [3.8, 4) is 34.5 Å². The van der Waals surface area contributed by atoms with Gasteiger partial charge in [0.1, 0.15) is 29.1 Å². The van der Waals surface area contributed by atoms with Gasteiger partial charge in [0.05, 0.1) is 14.2 Å². The second-order valence-corrected chi connectivity index (χ2v) is 10.6. The number of carbonyl (C=O) groups is 2. The maximum Gasteiger partial charge on any atom is 0.264 e. The highest BCUT2D eigenvalue weighted by Crippen LogP contribution is 2.32. The van der Waals surface area contributed by atoms with Crippen LogP contribution < -0.4 is 24.8 Å². The average Bonchev–Trinajstić information content (AvgIpc) is 3.07. The van der Waals surface area contributed by atoms with Crippen LogP contribution >= 0.6 is 0 Å². The molecular formula is C36H38N2O9. The van der Waals surface area contributed by atoms with Crippen LogP contribution in [-0.2, 0) is 22.4 Å². The normalized spacial score (nSPS) is 12.2. The summed E-state index contributed by atoms with van der Waals surface area (Å²) in [5, 5.41) is 46.0. The van der Waals surface area contributed by atoms with Gasteiger partial charge in [-0.2, -0.15) is 0 Å². The molecular weight excluding hydrogens is 604 g/mol. The van der Waals surface area contributed by atoms with Gasteiger partial charge >= 0.3 is 0 Å². The van der Waals surface area contributed by atoms with Crippen LogP contribution in [0.4, 0.5) is 0 Å². The smallest absolute Gasteiger partial charge is 0.264 e. The van der Waals surface area contributed by atoms with E-state index in [9.17, 15) is 30.0 Å². The number of phenolic OH excluding ortho intramolecular Hbond substituents is 3. The van der Waals surface area contributed by atoms with E-state index in [1.165, 1.54) is 38.5 Å². The number of aromatic hydroxyl groups is 3. The molecule has 4 rings (SSSR count). The van der Waals surface area contributed by atoms with Crippen molar-refractivity contribution in [1.82, 2.24) is 10.6 Å². The van der Waals surface area contributed by atoms with Crippen LogP contribution in [-0.4, -0.2) is 65.7 Å². The molecule has 0 aliphatic heterocycles. The lowest BCUT2D eigenvalue weighted by molar-refractivity contribution is -0.133. The van der Waals surface area contributed by atoms with Gasteiger partial charge in [-0.25, -0.2) is 0 Å². The first-order chi connectivity index (χ1) is 22.6. The van der Waals surface area contributed by atoms with Gasteiger partial charge in [0.2, 0.25) is 12.0 Å². The van der Waals surface area contributed by atoms with E-state index in [2.05, 4.69) is 10.6 Å². The Morgan fingerprint density at radius 2 is 1.34 bits per heavy atom. The van der Waals surface area contributed by atoms with Crippen LogP contribution in [0.25, 0.3) is 6.08 Å². The zero-order chi connectivity index (χ0) is 33.8. The minimum atomic E-state index is -1.47. The highest BCUT2D eigenvalue weighted by Gasteiger charge is 2.31. The van der Waals surface area contributed by atoms with Gasteiger partial charge in [0, 0.05) is 25.2 Å². The molecule has 47 heavy (non-hydrogen) atoms. The summed E-state index contributed by atoms with van der Waals surface area (Å²) in [6.07, 6.45) is 1.08. The molecule has 0 aliphatic rings. The molecule has 0 bridgehead atoms. The summed E-state index contributed by atoms with van der Waals surface area (Å²) in [5.74, 6) is -0.0428. The molecule has 4 aromatic carbocycles. The number of aliphatic hydroxyl groups is 1. The van der Waals surface area contributed by atoms with E-state index in [1.54, 1.807) is 72.8 Å². The fourth-order valence-electron chi connectivity index (χ4n) is 4.65. The lowest BCUT2D eigenvalue weighted by Gasteiger charge is -2.25. The Hall–Kier alpha value is -5.68. The molecule has 2 amide bonds. The fourth-order valence-corrected chi connectivity index (χ4v) is 4.65. The van der Waals surface area contributed by atoms with Crippen molar-refractivity contribution in [1.29, 1.82) is 0 Å². The fraction of sp³-hybridized carbons (Fsp3) is 0.222. The van der Waals surface area contributed by atoms with E-state index in [0.29, 0.717) is 30.7 Å². The van der Waals surface area contributed by atoms with Crippen molar-refractivity contribution < 1.29 is 44.2 Å². The minimum Gasteiger partial charge on any atom is -0.508 e. The van der Waals surface area contributed by atoms with Crippen molar-refractivity contribution in [3.63, 3.8) is 0 Å². The second-order valence-electron chi connectivity index (χ2n) is 10.6. The molecule has 246 valence electrons. The van der Waals surface area contributed by atoms with E-state index in [0.717, 1.165) is 11.1 Å². The Morgan fingerprint density at radius 3 is 1.94 bits per heavy atom. The molecule has 0 fully saturated rings. The van der Waals surface area contributed by atoms with Crippen molar-refractivity contribution in [2.75, 3.05) is 27.3 Å². The van der Waals surface area contributed by atoms with Crippen molar-refractivity contribution in [2.24, 2.45) is 0 Å². The monoisotopic (exact) mass is 642 g/mol. The average molecular weight is 643 g/mol. The number of amides is 2. The Kier molecular flexibility index (Phi) is 12.1. The van der Waals surface area contributed by atoms with E-state index in [-0.39, 0.29) is 46.8 Å². The van der Waals surface area contributed by atoms with Crippen LogP contribution in [0.5, 0.6) is 34.5 Å². The topological polar surface area (TPSA) is 167 Å². The number of aliphatic hydroxyl groups excluding tert-OH is 1. The number of benzene rings is 4. The van der Waals surface area contributed by atoms with Crippen LogP contribution in [0.1, 0.15) is 28.4 Å². The number of hydrogen-bond acceptors (Lipinski definition) is 9. The molecule has 0 spiro atoms. The lowest BCUT2D eigenvalue weighted by Crippen LogP contribution is -2.43. The molecule has 0 aliphatic carbocycles. The van der Waals surface area contributed by atoms with Gasteiger partial charge in [0.15, 0.2) is 11.5 Å². The lowest BCUT2D eigenvalue weighted by atomic mass is 10.0. The highest BCUT2D eigenvalue weighted by atomic mass is 16.5. The molecule has 11 heteroatoms. The zero-order valence-electron chi connectivity index (χ0n) is 26.1. The summed E-state index contributed by atoms with van der Waals surface area (Å²) in [4.78, 5) is 26.0. The summed E-state index contributed by atoms with van der Waals surface area (Å²) in [7, 11) is 2.84. The van der Waals surface area contributed by atoms with E-state index in [4.69, 9.17) is 14.2 Å². The Balaban J connectivity index is 1.49. The third kappa shape index (κ3) is 10.2. The van der Waals surface area contributed by atoms with Gasteiger partial charge in [-0.05, 0) is 89.7 Å². The zero-order valence-corrected chi connectivity index (χ0v) is 26.1. The van der Waals surface area contributed by atoms with Crippen molar-refractivity contribution in [2.45, 2.75) is 25.0 Å². The number of nitrogens with one attached hydrogen (secondary N) is 2. The first-order valence-electron chi connectivity index (χ1n) is 14.9. The molecule has 0 aromatic heterocycles. The first kappa shape index (κ1) is 34.2. The molecule has 4 aromatic rings. The summed E-state index contributed by atoms with van der Waals surface area (Å²) >= 11 is 0. The van der Waals surface area contributed by atoms with E-state index < -0.39 is 18.1 Å². The summed E-state index contributed by atoms with van der Waals surface area (Å²) < 4.78 is 16.7. The van der Waals surface area contributed by atoms with Crippen LogP contribution in [0, 0.1) is 0 Å². The second kappa shape index (κ2) is 16.6. The molecule has 6 N–H and O–H groups in total. The third-order valence-electron chi connectivity index (χ3n) is 7.22. The van der Waals surface area contributed by atoms with Crippen LogP contribution in [0.2, 0.25) is 0 Å². The number of hydrogen-bond donors (Lipinski definition) is 6. The SMILES string of the molecule is COc1cc(C=CC(=O)NCCc2ccc(O)cc2)cc(OC(C(=O)NCCc2ccc(O)cc2)C(O)c2ccc(O)c(OC)c2)c1. The Morgan fingerprint density at radius 1 is 0.745 bits per heavy atom. The van der Waals surface area contributed by atoms with Crippen molar-refractivity contribution >= 4 is 17.9 Å². The Labute approximate surface area is 272 Å². The van der Waals surface area contributed by atoms with E-state index in [1.807, 2.05) is 0 Å². The number of carbonyl (C=O) groups excluding carboxylic acids is 2.